The lowest BCUT2D eigenvalue weighted by molar-refractivity contribution is 0.0618. The van der Waals surface area contributed by atoms with E-state index in [0.29, 0.717) is 17.4 Å². The molecule has 1 aliphatic rings. The van der Waals surface area contributed by atoms with Gasteiger partial charge < -0.3 is 15.5 Å². The van der Waals surface area contributed by atoms with Crippen molar-refractivity contribution < 1.29 is 10.2 Å². The second-order valence-electron chi connectivity index (χ2n) is 4.11. The molecule has 0 aliphatic carbocycles. The molecule has 0 amide bonds. The summed E-state index contributed by atoms with van der Waals surface area (Å²) in [6.07, 6.45) is 1.41. The third-order valence-corrected chi connectivity index (χ3v) is 3.40. The Bertz CT molecular complexity index is 362. The maximum absolute atomic E-state index is 10.2. The van der Waals surface area contributed by atoms with Crippen LogP contribution >= 0.6 is 15.9 Å². The number of benzene rings is 1. The van der Waals surface area contributed by atoms with Gasteiger partial charge in [0.2, 0.25) is 0 Å². The number of halogens is 1. The highest BCUT2D eigenvalue weighted by Gasteiger charge is 2.31. The molecule has 0 spiro atoms. The van der Waals surface area contributed by atoms with Gasteiger partial charge in [-0.1, -0.05) is 6.07 Å². The van der Waals surface area contributed by atoms with Crippen LogP contribution in [0.4, 0.5) is 0 Å². The highest BCUT2D eigenvalue weighted by atomic mass is 79.9. The standard InChI is InChI=1S/C11H14BrNO2/c12-9-5-8(1-2-10(9)14)6-11(15)3-4-13-7-11/h1-2,5,13-15H,3-4,6-7H2. The van der Waals surface area contributed by atoms with Crippen LogP contribution in [0.3, 0.4) is 0 Å². The summed E-state index contributed by atoms with van der Waals surface area (Å²) < 4.78 is 0.676. The van der Waals surface area contributed by atoms with Crippen LogP contribution < -0.4 is 5.32 Å². The van der Waals surface area contributed by atoms with Gasteiger partial charge in [0.1, 0.15) is 5.75 Å². The molecule has 1 aromatic carbocycles. The monoisotopic (exact) mass is 271 g/mol. The molecule has 1 aliphatic heterocycles. The predicted molar refractivity (Wildman–Crippen MR) is 61.9 cm³/mol. The number of rotatable bonds is 2. The van der Waals surface area contributed by atoms with Gasteiger partial charge in [0.15, 0.2) is 0 Å². The second kappa shape index (κ2) is 4.12. The quantitative estimate of drug-likeness (QED) is 0.763. The van der Waals surface area contributed by atoms with Gasteiger partial charge in [-0.25, -0.2) is 0 Å². The summed E-state index contributed by atoms with van der Waals surface area (Å²) in [7, 11) is 0. The van der Waals surface area contributed by atoms with Gasteiger partial charge in [0.25, 0.3) is 0 Å². The number of hydrogen-bond acceptors (Lipinski definition) is 3. The Labute approximate surface area is 97.3 Å². The molecular weight excluding hydrogens is 258 g/mol. The van der Waals surface area contributed by atoms with E-state index in [2.05, 4.69) is 21.2 Å². The predicted octanol–water partition coefficient (Wildman–Crippen LogP) is 1.42. The molecule has 1 unspecified atom stereocenters. The first-order valence-electron chi connectivity index (χ1n) is 5.00. The molecule has 1 atom stereocenters. The number of aromatic hydroxyl groups is 1. The van der Waals surface area contributed by atoms with Crippen molar-refractivity contribution in [1.82, 2.24) is 5.32 Å². The largest absolute Gasteiger partial charge is 0.507 e. The fraction of sp³-hybridized carbons (Fsp3) is 0.455. The molecule has 2 rings (SSSR count). The van der Waals surface area contributed by atoms with Crippen LogP contribution in [-0.4, -0.2) is 28.9 Å². The molecule has 3 N–H and O–H groups in total. The topological polar surface area (TPSA) is 52.5 Å². The van der Waals surface area contributed by atoms with Crippen molar-refractivity contribution >= 4 is 15.9 Å². The van der Waals surface area contributed by atoms with Gasteiger partial charge in [-0.15, -0.1) is 0 Å². The maximum atomic E-state index is 10.2. The third kappa shape index (κ3) is 2.51. The smallest absolute Gasteiger partial charge is 0.129 e. The summed E-state index contributed by atoms with van der Waals surface area (Å²) in [6.45, 7) is 1.52. The van der Waals surface area contributed by atoms with Crippen LogP contribution in [0.25, 0.3) is 0 Å². The van der Waals surface area contributed by atoms with Crippen LogP contribution in [0.5, 0.6) is 5.75 Å². The van der Waals surface area contributed by atoms with Gasteiger partial charge in [-0.3, -0.25) is 0 Å². The maximum Gasteiger partial charge on any atom is 0.129 e. The van der Waals surface area contributed by atoms with Crippen molar-refractivity contribution in [3.05, 3.63) is 28.2 Å². The average molecular weight is 272 g/mol. The number of hydrogen-bond donors (Lipinski definition) is 3. The third-order valence-electron chi connectivity index (χ3n) is 2.77. The van der Waals surface area contributed by atoms with E-state index in [9.17, 15) is 10.2 Å². The minimum absolute atomic E-state index is 0.232. The lowest BCUT2D eigenvalue weighted by atomic mass is 9.94. The molecular formula is C11H14BrNO2. The Balaban J connectivity index is 2.13. The van der Waals surface area contributed by atoms with Crippen molar-refractivity contribution in [2.24, 2.45) is 0 Å². The first kappa shape index (κ1) is 10.9. The summed E-state index contributed by atoms with van der Waals surface area (Å²) in [5.41, 5.74) is 0.405. The normalized spacial score (nSPS) is 25.7. The van der Waals surface area contributed by atoms with E-state index in [1.54, 1.807) is 6.07 Å². The molecule has 0 aromatic heterocycles. The minimum atomic E-state index is -0.629. The number of aliphatic hydroxyl groups is 1. The lowest BCUT2D eigenvalue weighted by Gasteiger charge is -2.21. The first-order valence-corrected chi connectivity index (χ1v) is 5.79. The molecule has 0 saturated carbocycles. The molecule has 1 aromatic rings. The van der Waals surface area contributed by atoms with Crippen molar-refractivity contribution in [2.45, 2.75) is 18.4 Å². The zero-order valence-electron chi connectivity index (χ0n) is 8.33. The van der Waals surface area contributed by atoms with Gasteiger partial charge >= 0.3 is 0 Å². The molecule has 1 fully saturated rings. The van der Waals surface area contributed by atoms with Crippen molar-refractivity contribution in [2.75, 3.05) is 13.1 Å². The fourth-order valence-electron chi connectivity index (χ4n) is 1.92. The zero-order chi connectivity index (χ0) is 10.9. The van der Waals surface area contributed by atoms with E-state index >= 15 is 0 Å². The number of β-amino-alcohol motifs (C(OH)–C–C–N with tert-alkyl or cyclic N) is 1. The number of phenolic OH excluding ortho intramolecular Hbond substituents is 1. The summed E-state index contributed by atoms with van der Waals surface area (Å²) in [4.78, 5) is 0. The second-order valence-corrected chi connectivity index (χ2v) is 4.97. The zero-order valence-corrected chi connectivity index (χ0v) is 9.92. The van der Waals surface area contributed by atoms with E-state index in [0.717, 1.165) is 18.5 Å². The SMILES string of the molecule is Oc1ccc(CC2(O)CCNC2)cc1Br. The molecule has 15 heavy (non-hydrogen) atoms. The Hall–Kier alpha value is -0.580. The van der Waals surface area contributed by atoms with Gasteiger partial charge in [0.05, 0.1) is 10.1 Å². The van der Waals surface area contributed by atoms with Crippen LogP contribution in [-0.2, 0) is 6.42 Å². The average Bonchev–Trinajstić information content (AvgIpc) is 2.59. The van der Waals surface area contributed by atoms with Crippen LogP contribution in [0.15, 0.2) is 22.7 Å². The Kier molecular flexibility index (Phi) is 3.00. The van der Waals surface area contributed by atoms with Crippen molar-refractivity contribution in [3.63, 3.8) is 0 Å². The van der Waals surface area contributed by atoms with E-state index in [1.807, 2.05) is 12.1 Å². The Morgan fingerprint density at radius 2 is 2.27 bits per heavy atom. The van der Waals surface area contributed by atoms with E-state index in [1.165, 1.54) is 0 Å². The summed E-state index contributed by atoms with van der Waals surface area (Å²) in [6, 6.07) is 5.34. The Morgan fingerprint density at radius 1 is 1.47 bits per heavy atom. The lowest BCUT2D eigenvalue weighted by Crippen LogP contribution is -2.33. The summed E-state index contributed by atoms with van der Waals surface area (Å²) in [5.74, 6) is 0.232. The molecule has 82 valence electrons. The highest BCUT2D eigenvalue weighted by Crippen LogP contribution is 2.27. The van der Waals surface area contributed by atoms with Crippen LogP contribution in [0.2, 0.25) is 0 Å². The van der Waals surface area contributed by atoms with E-state index in [4.69, 9.17) is 0 Å². The summed E-state index contributed by atoms with van der Waals surface area (Å²) >= 11 is 3.27. The van der Waals surface area contributed by atoms with Crippen molar-refractivity contribution in [1.29, 1.82) is 0 Å². The van der Waals surface area contributed by atoms with Gasteiger partial charge in [0, 0.05) is 13.0 Å². The first-order chi connectivity index (χ1) is 7.09. The van der Waals surface area contributed by atoms with Crippen LogP contribution in [0, 0.1) is 0 Å². The van der Waals surface area contributed by atoms with E-state index in [-0.39, 0.29) is 5.75 Å². The number of nitrogens with one attached hydrogen (secondary N) is 1. The van der Waals surface area contributed by atoms with Gasteiger partial charge in [-0.2, -0.15) is 0 Å². The molecule has 0 radical (unpaired) electrons. The molecule has 4 heteroatoms. The van der Waals surface area contributed by atoms with Crippen LogP contribution in [0.1, 0.15) is 12.0 Å². The minimum Gasteiger partial charge on any atom is -0.507 e. The van der Waals surface area contributed by atoms with E-state index < -0.39 is 5.60 Å². The van der Waals surface area contributed by atoms with Gasteiger partial charge in [-0.05, 0) is 46.6 Å². The Morgan fingerprint density at radius 3 is 2.87 bits per heavy atom. The van der Waals surface area contributed by atoms with Crippen molar-refractivity contribution in [3.8, 4) is 5.75 Å². The number of phenols is 1. The molecule has 0 bridgehead atoms. The fourth-order valence-corrected chi connectivity index (χ4v) is 2.35. The molecule has 3 nitrogen and oxygen atoms in total. The molecule has 1 saturated heterocycles. The molecule has 1 heterocycles. The highest BCUT2D eigenvalue weighted by molar-refractivity contribution is 9.10. The summed E-state index contributed by atoms with van der Waals surface area (Å²) in [5, 5.41) is 22.7.